The first kappa shape index (κ1) is 23.4. The molecule has 7 nitrogen and oxygen atoms in total. The van der Waals surface area contributed by atoms with E-state index in [1.165, 1.54) is 27.4 Å². The van der Waals surface area contributed by atoms with E-state index in [1.807, 2.05) is 48.0 Å². The summed E-state index contributed by atoms with van der Waals surface area (Å²) in [6, 6.07) is 15.0. The fourth-order valence-electron chi connectivity index (χ4n) is 3.95. The molecular formula is C23H22N4O3S4. The average Bonchev–Trinajstić information content (AvgIpc) is 3.51. The van der Waals surface area contributed by atoms with Gasteiger partial charge in [0.05, 0.1) is 15.1 Å². The summed E-state index contributed by atoms with van der Waals surface area (Å²) in [6.45, 7) is 0.635. The van der Waals surface area contributed by atoms with Crippen molar-refractivity contribution < 1.29 is 13.2 Å². The molecule has 1 aliphatic heterocycles. The Morgan fingerprint density at radius 2 is 1.82 bits per heavy atom. The summed E-state index contributed by atoms with van der Waals surface area (Å²) in [5, 5.41) is 6.16. The van der Waals surface area contributed by atoms with Gasteiger partial charge in [-0.2, -0.15) is 4.31 Å². The molecule has 0 unspecified atom stereocenters. The number of amides is 1. The molecule has 0 spiro atoms. The maximum atomic E-state index is 13.1. The second-order valence-electron chi connectivity index (χ2n) is 7.84. The minimum atomic E-state index is -3.59. The highest BCUT2D eigenvalue weighted by Gasteiger charge is 2.33. The summed E-state index contributed by atoms with van der Waals surface area (Å²) < 4.78 is 28.9. The molecule has 0 atom stereocenters. The normalized spacial score (nSPS) is 15.6. The molecule has 0 bridgehead atoms. The van der Waals surface area contributed by atoms with E-state index in [4.69, 9.17) is 0 Å². The number of thioether (sulfide) groups is 1. The smallest absolute Gasteiger partial charge is 0.244 e. The summed E-state index contributed by atoms with van der Waals surface area (Å²) in [5.74, 6) is -0.371. The number of anilines is 1. The van der Waals surface area contributed by atoms with Gasteiger partial charge >= 0.3 is 0 Å². The minimum Gasteiger partial charge on any atom is -0.302 e. The van der Waals surface area contributed by atoms with Gasteiger partial charge in [-0.05, 0) is 43.4 Å². The molecule has 0 radical (unpaired) electrons. The van der Waals surface area contributed by atoms with Crippen LogP contribution in [-0.2, 0) is 14.8 Å². The number of fused-ring (bicyclic) bond motifs is 1. The Balaban J connectivity index is 1.22. The third-order valence-electron chi connectivity index (χ3n) is 5.76. The van der Waals surface area contributed by atoms with E-state index in [-0.39, 0.29) is 11.8 Å². The van der Waals surface area contributed by atoms with Crippen LogP contribution in [0.4, 0.5) is 5.13 Å². The zero-order chi connectivity index (χ0) is 23.7. The number of thiazole rings is 2. The van der Waals surface area contributed by atoms with E-state index in [1.54, 1.807) is 23.5 Å². The molecule has 176 valence electrons. The summed E-state index contributed by atoms with van der Waals surface area (Å²) in [4.78, 5) is 23.1. The summed E-state index contributed by atoms with van der Waals surface area (Å²) >= 11 is 4.35. The van der Waals surface area contributed by atoms with Gasteiger partial charge in [-0.3, -0.25) is 4.79 Å². The topological polar surface area (TPSA) is 92.3 Å². The molecule has 11 heteroatoms. The lowest BCUT2D eigenvalue weighted by atomic mass is 9.97. The van der Waals surface area contributed by atoms with E-state index >= 15 is 0 Å². The van der Waals surface area contributed by atoms with Crippen molar-refractivity contribution in [1.29, 1.82) is 0 Å². The largest absolute Gasteiger partial charge is 0.302 e. The standard InChI is InChI=1S/C23H22N4O3S4/c1-31-19-8-4-5-9-20(19)34(29,30)27-12-10-15(11-13-27)21(28)26-23-25-17(14-32-23)22-24-16-6-2-3-7-18(16)33-22/h2-9,14-15H,10-13H2,1H3,(H,25,26,28). The van der Waals surface area contributed by atoms with Crippen LogP contribution < -0.4 is 5.32 Å². The number of carbonyl (C=O) groups excluding carboxylic acids is 1. The monoisotopic (exact) mass is 530 g/mol. The molecule has 2 aromatic heterocycles. The van der Waals surface area contributed by atoms with Crippen LogP contribution >= 0.6 is 34.4 Å². The molecule has 0 saturated carbocycles. The number of carbonyl (C=O) groups is 1. The van der Waals surface area contributed by atoms with Gasteiger partial charge < -0.3 is 5.32 Å². The highest BCUT2D eigenvalue weighted by Crippen LogP contribution is 2.33. The number of para-hydroxylation sites is 1. The molecule has 1 N–H and O–H groups in total. The molecule has 34 heavy (non-hydrogen) atoms. The van der Waals surface area contributed by atoms with Gasteiger partial charge in [-0.1, -0.05) is 24.3 Å². The lowest BCUT2D eigenvalue weighted by Gasteiger charge is -2.30. The Morgan fingerprint density at radius 3 is 2.59 bits per heavy atom. The van der Waals surface area contributed by atoms with E-state index < -0.39 is 10.0 Å². The van der Waals surface area contributed by atoms with E-state index in [2.05, 4.69) is 15.3 Å². The molecule has 1 fully saturated rings. The number of hydrogen-bond donors (Lipinski definition) is 1. The van der Waals surface area contributed by atoms with Crippen LogP contribution in [0.2, 0.25) is 0 Å². The van der Waals surface area contributed by atoms with E-state index in [0.29, 0.717) is 36.0 Å². The second kappa shape index (κ2) is 9.74. The van der Waals surface area contributed by atoms with Crippen LogP contribution in [0.1, 0.15) is 12.8 Å². The zero-order valence-corrected chi connectivity index (χ0v) is 21.6. The lowest BCUT2D eigenvalue weighted by Crippen LogP contribution is -2.41. The van der Waals surface area contributed by atoms with Crippen molar-refractivity contribution in [1.82, 2.24) is 14.3 Å². The van der Waals surface area contributed by atoms with Crippen molar-refractivity contribution in [3.63, 3.8) is 0 Å². The van der Waals surface area contributed by atoms with Crippen molar-refractivity contribution in [2.24, 2.45) is 5.92 Å². The van der Waals surface area contributed by atoms with Gasteiger partial charge in [0, 0.05) is 29.3 Å². The molecule has 1 aliphatic rings. The van der Waals surface area contributed by atoms with Gasteiger partial charge in [0.25, 0.3) is 0 Å². The number of nitrogens with one attached hydrogen (secondary N) is 1. The first-order chi connectivity index (χ1) is 16.5. The molecule has 1 amide bonds. The lowest BCUT2D eigenvalue weighted by molar-refractivity contribution is -0.120. The second-order valence-corrected chi connectivity index (χ2v) is 12.5. The Bertz CT molecular complexity index is 1410. The number of rotatable bonds is 6. The predicted octanol–water partition coefficient (Wildman–Crippen LogP) is 5.18. The number of piperidine rings is 1. The van der Waals surface area contributed by atoms with E-state index in [9.17, 15) is 13.2 Å². The molecule has 1 saturated heterocycles. The summed E-state index contributed by atoms with van der Waals surface area (Å²) in [6.07, 6.45) is 2.82. The highest BCUT2D eigenvalue weighted by atomic mass is 32.2. The van der Waals surface area contributed by atoms with Gasteiger partial charge in [0.1, 0.15) is 10.7 Å². The van der Waals surface area contributed by atoms with Crippen molar-refractivity contribution in [2.75, 3.05) is 24.7 Å². The van der Waals surface area contributed by atoms with Crippen LogP contribution in [0, 0.1) is 5.92 Å². The Kier molecular flexibility index (Phi) is 6.72. The molecule has 5 rings (SSSR count). The van der Waals surface area contributed by atoms with Crippen LogP contribution in [-0.4, -0.2) is 47.9 Å². The van der Waals surface area contributed by atoms with Crippen LogP contribution in [0.5, 0.6) is 0 Å². The quantitative estimate of drug-likeness (QED) is 0.345. The van der Waals surface area contributed by atoms with Crippen LogP contribution in [0.3, 0.4) is 0 Å². The van der Waals surface area contributed by atoms with Gasteiger partial charge in [-0.15, -0.1) is 34.4 Å². The molecule has 3 heterocycles. The third kappa shape index (κ3) is 4.63. The van der Waals surface area contributed by atoms with E-state index in [0.717, 1.165) is 25.8 Å². The average molecular weight is 531 g/mol. The van der Waals surface area contributed by atoms with Crippen molar-refractivity contribution in [3.05, 3.63) is 53.9 Å². The fraction of sp³-hybridized carbons (Fsp3) is 0.261. The maximum Gasteiger partial charge on any atom is 0.244 e. The summed E-state index contributed by atoms with van der Waals surface area (Å²) in [7, 11) is -3.59. The summed E-state index contributed by atoms with van der Waals surface area (Å²) in [5.41, 5.74) is 1.68. The first-order valence-electron chi connectivity index (χ1n) is 10.7. The molecular weight excluding hydrogens is 509 g/mol. The maximum absolute atomic E-state index is 13.1. The predicted molar refractivity (Wildman–Crippen MR) is 139 cm³/mol. The SMILES string of the molecule is CSc1ccccc1S(=O)(=O)N1CCC(C(=O)Nc2nc(-c3nc4ccccc4s3)cs2)CC1. The Morgan fingerprint density at radius 1 is 1.09 bits per heavy atom. The van der Waals surface area contributed by atoms with Crippen molar-refractivity contribution in [2.45, 2.75) is 22.6 Å². The zero-order valence-electron chi connectivity index (χ0n) is 18.3. The Labute approximate surface area is 210 Å². The van der Waals surface area contributed by atoms with Crippen LogP contribution in [0.15, 0.2) is 63.7 Å². The van der Waals surface area contributed by atoms with Gasteiger partial charge in [0.15, 0.2) is 5.13 Å². The van der Waals surface area contributed by atoms with Gasteiger partial charge in [0.2, 0.25) is 15.9 Å². The molecule has 2 aromatic carbocycles. The number of nitrogens with zero attached hydrogens (tertiary/aromatic N) is 3. The van der Waals surface area contributed by atoms with Gasteiger partial charge in [-0.25, -0.2) is 18.4 Å². The number of sulfonamides is 1. The van der Waals surface area contributed by atoms with Crippen molar-refractivity contribution >= 4 is 65.7 Å². The van der Waals surface area contributed by atoms with Crippen LogP contribution in [0.25, 0.3) is 20.9 Å². The minimum absolute atomic E-state index is 0.119. The highest BCUT2D eigenvalue weighted by molar-refractivity contribution is 7.99. The molecule has 4 aromatic rings. The third-order valence-corrected chi connectivity index (χ3v) is 10.5. The number of aromatic nitrogens is 2. The Hall–Kier alpha value is -2.31. The molecule has 0 aliphatic carbocycles. The first-order valence-corrected chi connectivity index (χ1v) is 15.1. The number of benzene rings is 2. The van der Waals surface area contributed by atoms with Crippen molar-refractivity contribution in [3.8, 4) is 10.7 Å². The number of hydrogen-bond acceptors (Lipinski definition) is 8. The fourth-order valence-corrected chi connectivity index (χ4v) is 8.24.